The summed E-state index contributed by atoms with van der Waals surface area (Å²) < 4.78 is 0. The quantitative estimate of drug-likeness (QED) is 0.875. The van der Waals surface area contributed by atoms with E-state index in [4.69, 9.17) is 5.73 Å². The Kier molecular flexibility index (Phi) is 3.00. The monoisotopic (exact) mass is 243 g/mol. The summed E-state index contributed by atoms with van der Waals surface area (Å²) in [6.45, 7) is 0. The molecule has 3 rings (SSSR count). The highest BCUT2D eigenvalue weighted by atomic mass is 32.1. The minimum Gasteiger partial charge on any atom is -0.327 e. The van der Waals surface area contributed by atoms with Gasteiger partial charge in [0.25, 0.3) is 0 Å². The van der Waals surface area contributed by atoms with Gasteiger partial charge in [-0.05, 0) is 41.7 Å². The van der Waals surface area contributed by atoms with E-state index in [2.05, 4.69) is 47.8 Å². The van der Waals surface area contributed by atoms with Crippen LogP contribution in [0.1, 0.15) is 22.8 Å². The van der Waals surface area contributed by atoms with Crippen molar-refractivity contribution < 1.29 is 0 Å². The maximum absolute atomic E-state index is 6.30. The summed E-state index contributed by atoms with van der Waals surface area (Å²) in [6.07, 6.45) is 2.29. The van der Waals surface area contributed by atoms with E-state index in [0.29, 0.717) is 17.9 Å². The predicted molar refractivity (Wildman–Crippen MR) is 73.3 cm³/mol. The number of hydrogen-bond donors (Lipinski definition) is 1. The van der Waals surface area contributed by atoms with Crippen molar-refractivity contribution in [2.75, 3.05) is 0 Å². The largest absolute Gasteiger partial charge is 0.327 e. The molecule has 1 nitrogen and oxygen atoms in total. The number of thiophene rings is 1. The molecule has 1 fully saturated rings. The lowest BCUT2D eigenvalue weighted by Gasteiger charge is -2.10. The maximum Gasteiger partial charge on any atom is 0.0122 e. The van der Waals surface area contributed by atoms with Crippen molar-refractivity contribution >= 4 is 11.3 Å². The Morgan fingerprint density at radius 3 is 2.71 bits per heavy atom. The van der Waals surface area contributed by atoms with Gasteiger partial charge in [0.15, 0.2) is 0 Å². The number of nitrogens with two attached hydrogens (primary N) is 1. The van der Waals surface area contributed by atoms with Crippen LogP contribution in [-0.4, -0.2) is 6.04 Å². The zero-order valence-corrected chi connectivity index (χ0v) is 10.6. The number of hydrogen-bond acceptors (Lipinski definition) is 2. The molecule has 3 unspecified atom stereocenters. The van der Waals surface area contributed by atoms with Crippen molar-refractivity contribution in [2.45, 2.75) is 24.8 Å². The van der Waals surface area contributed by atoms with Crippen molar-refractivity contribution in [2.24, 2.45) is 11.7 Å². The third-order valence-electron chi connectivity index (χ3n) is 3.63. The summed E-state index contributed by atoms with van der Waals surface area (Å²) in [6, 6.07) is 15.4. The second-order valence-corrected chi connectivity index (χ2v) is 5.90. The molecule has 0 aliphatic heterocycles. The molecule has 88 valence electrons. The van der Waals surface area contributed by atoms with E-state index >= 15 is 0 Å². The van der Waals surface area contributed by atoms with E-state index in [0.717, 1.165) is 6.42 Å². The Labute approximate surface area is 106 Å². The second kappa shape index (κ2) is 4.63. The summed E-state index contributed by atoms with van der Waals surface area (Å²) >= 11 is 1.81. The van der Waals surface area contributed by atoms with Crippen molar-refractivity contribution in [3.63, 3.8) is 0 Å². The third kappa shape index (κ3) is 2.43. The molecule has 2 heteroatoms. The van der Waals surface area contributed by atoms with Crippen molar-refractivity contribution in [3.8, 4) is 0 Å². The Hall–Kier alpha value is -1.12. The van der Waals surface area contributed by atoms with Gasteiger partial charge in [0.1, 0.15) is 0 Å². The van der Waals surface area contributed by atoms with E-state index in [1.165, 1.54) is 16.9 Å². The lowest BCUT2D eigenvalue weighted by atomic mass is 10.0. The van der Waals surface area contributed by atoms with Gasteiger partial charge in [-0.1, -0.05) is 36.4 Å². The van der Waals surface area contributed by atoms with Crippen LogP contribution in [0, 0.1) is 5.92 Å². The number of benzene rings is 1. The highest BCUT2D eigenvalue weighted by molar-refractivity contribution is 7.09. The normalized spacial score (nSPS) is 24.5. The molecule has 0 saturated heterocycles. The zero-order valence-electron chi connectivity index (χ0n) is 9.75. The summed E-state index contributed by atoms with van der Waals surface area (Å²) in [4.78, 5) is 1.41. The van der Waals surface area contributed by atoms with Crippen molar-refractivity contribution in [1.82, 2.24) is 0 Å². The lowest BCUT2D eigenvalue weighted by Crippen LogP contribution is -2.25. The van der Waals surface area contributed by atoms with E-state index in [1.807, 2.05) is 11.3 Å². The fourth-order valence-corrected chi connectivity index (χ4v) is 3.36. The summed E-state index contributed by atoms with van der Waals surface area (Å²) in [5.74, 6) is 1.38. The van der Waals surface area contributed by atoms with Gasteiger partial charge >= 0.3 is 0 Å². The summed E-state index contributed by atoms with van der Waals surface area (Å²) in [5.41, 5.74) is 7.76. The topological polar surface area (TPSA) is 26.0 Å². The van der Waals surface area contributed by atoms with Gasteiger partial charge < -0.3 is 5.73 Å². The van der Waals surface area contributed by atoms with Crippen LogP contribution in [0.2, 0.25) is 0 Å². The predicted octanol–water partition coefficient (Wildman–Crippen LogP) is 3.42. The molecule has 3 atom stereocenters. The van der Waals surface area contributed by atoms with Crippen LogP contribution in [0.25, 0.3) is 0 Å². The van der Waals surface area contributed by atoms with Crippen LogP contribution in [0.4, 0.5) is 0 Å². The molecule has 0 spiro atoms. The van der Waals surface area contributed by atoms with Crippen LogP contribution in [-0.2, 0) is 6.42 Å². The zero-order chi connectivity index (χ0) is 11.7. The number of rotatable bonds is 4. The Balaban J connectivity index is 1.61. The fourth-order valence-electron chi connectivity index (χ4n) is 2.58. The van der Waals surface area contributed by atoms with E-state index < -0.39 is 0 Å². The van der Waals surface area contributed by atoms with Gasteiger partial charge in [-0.3, -0.25) is 0 Å². The van der Waals surface area contributed by atoms with Crippen LogP contribution in [0.3, 0.4) is 0 Å². The van der Waals surface area contributed by atoms with Gasteiger partial charge in [-0.25, -0.2) is 0 Å². The molecule has 1 aliphatic carbocycles. The molecule has 1 heterocycles. The van der Waals surface area contributed by atoms with Crippen LogP contribution < -0.4 is 5.73 Å². The molecule has 2 N–H and O–H groups in total. The standard InChI is InChI=1S/C15H17NS/c16-15(9-12-7-4-8-17-12)14-10-13(14)11-5-2-1-3-6-11/h1-8,13-15H,9-10,16H2. The molecule has 2 aromatic rings. The molecule has 0 amide bonds. The molecular formula is C15H17NS. The molecular weight excluding hydrogens is 226 g/mol. The Morgan fingerprint density at radius 1 is 1.18 bits per heavy atom. The van der Waals surface area contributed by atoms with Crippen LogP contribution in [0.5, 0.6) is 0 Å². The maximum atomic E-state index is 6.30. The van der Waals surface area contributed by atoms with E-state index in [1.54, 1.807) is 0 Å². The highest BCUT2D eigenvalue weighted by Gasteiger charge is 2.42. The fraction of sp³-hybridized carbons (Fsp3) is 0.333. The molecule has 1 saturated carbocycles. The minimum absolute atomic E-state index is 0.318. The van der Waals surface area contributed by atoms with Gasteiger partial charge in [-0.2, -0.15) is 0 Å². The van der Waals surface area contributed by atoms with E-state index in [9.17, 15) is 0 Å². The first kappa shape index (κ1) is 11.0. The highest BCUT2D eigenvalue weighted by Crippen LogP contribution is 2.49. The van der Waals surface area contributed by atoms with Gasteiger partial charge in [0, 0.05) is 10.9 Å². The summed E-state index contributed by atoms with van der Waals surface area (Å²) in [7, 11) is 0. The third-order valence-corrected chi connectivity index (χ3v) is 4.53. The molecule has 1 aliphatic rings. The lowest BCUT2D eigenvalue weighted by molar-refractivity contribution is 0.582. The average molecular weight is 243 g/mol. The molecule has 0 bridgehead atoms. The molecule has 1 aromatic carbocycles. The molecule has 0 radical (unpaired) electrons. The second-order valence-electron chi connectivity index (χ2n) is 4.86. The SMILES string of the molecule is NC(Cc1cccs1)C1CC1c1ccccc1. The Bertz CT molecular complexity index is 463. The first-order chi connectivity index (χ1) is 8.34. The summed E-state index contributed by atoms with van der Waals surface area (Å²) in [5, 5.41) is 2.13. The molecule has 1 aromatic heterocycles. The first-order valence-electron chi connectivity index (χ1n) is 6.17. The van der Waals surface area contributed by atoms with Gasteiger partial charge in [0.2, 0.25) is 0 Å². The minimum atomic E-state index is 0.318. The van der Waals surface area contributed by atoms with Crippen LogP contribution in [0.15, 0.2) is 47.8 Å². The van der Waals surface area contributed by atoms with Crippen LogP contribution >= 0.6 is 11.3 Å². The van der Waals surface area contributed by atoms with Crippen molar-refractivity contribution in [1.29, 1.82) is 0 Å². The van der Waals surface area contributed by atoms with E-state index in [-0.39, 0.29) is 0 Å². The van der Waals surface area contributed by atoms with Gasteiger partial charge in [0.05, 0.1) is 0 Å². The molecule has 17 heavy (non-hydrogen) atoms. The smallest absolute Gasteiger partial charge is 0.0122 e. The van der Waals surface area contributed by atoms with Crippen molar-refractivity contribution in [3.05, 3.63) is 58.3 Å². The first-order valence-corrected chi connectivity index (χ1v) is 7.05. The average Bonchev–Trinajstić information content (AvgIpc) is 3.02. The van der Waals surface area contributed by atoms with Gasteiger partial charge in [-0.15, -0.1) is 11.3 Å². The Morgan fingerprint density at radius 2 is 2.00 bits per heavy atom.